The molecule has 0 aliphatic heterocycles. The Morgan fingerprint density at radius 1 is 1.67 bits per heavy atom. The summed E-state index contributed by atoms with van der Waals surface area (Å²) in [5.74, 6) is 0.442. The molecule has 4 nitrogen and oxygen atoms in total. The lowest BCUT2D eigenvalue weighted by Crippen LogP contribution is -2.38. The van der Waals surface area contributed by atoms with E-state index in [1.165, 1.54) is 6.08 Å². The molecular weight excluding hydrogens is 194 g/mol. The first-order valence-electron chi connectivity index (χ1n) is 4.89. The molecule has 1 amide bonds. The van der Waals surface area contributed by atoms with Crippen LogP contribution in [0.2, 0.25) is 0 Å². The quantitative estimate of drug-likeness (QED) is 0.722. The molecule has 1 aliphatic rings. The van der Waals surface area contributed by atoms with Gasteiger partial charge in [0.2, 0.25) is 5.91 Å². The second-order valence-electron chi connectivity index (χ2n) is 3.78. The average Bonchev–Trinajstić information content (AvgIpc) is 2.80. The molecule has 1 heterocycles. The SMILES string of the molecule is O=C(/C=C/c1ccco1)NC1(CO)CC1. The van der Waals surface area contributed by atoms with E-state index in [2.05, 4.69) is 5.32 Å². The van der Waals surface area contributed by atoms with Crippen LogP contribution in [0.4, 0.5) is 0 Å². The smallest absolute Gasteiger partial charge is 0.244 e. The number of aliphatic hydroxyl groups is 1. The van der Waals surface area contributed by atoms with Crippen LogP contribution >= 0.6 is 0 Å². The zero-order valence-corrected chi connectivity index (χ0v) is 8.27. The van der Waals surface area contributed by atoms with Crippen LogP contribution in [0.15, 0.2) is 28.9 Å². The molecule has 80 valence electrons. The number of hydrogen-bond donors (Lipinski definition) is 2. The molecule has 0 unspecified atom stereocenters. The highest BCUT2D eigenvalue weighted by Gasteiger charge is 2.42. The van der Waals surface area contributed by atoms with Gasteiger partial charge in [0.05, 0.1) is 18.4 Å². The predicted octanol–water partition coefficient (Wildman–Crippen LogP) is 0.934. The number of aliphatic hydroxyl groups excluding tert-OH is 1. The van der Waals surface area contributed by atoms with Crippen LogP contribution in [-0.4, -0.2) is 23.2 Å². The lowest BCUT2D eigenvalue weighted by Gasteiger charge is -2.11. The van der Waals surface area contributed by atoms with Crippen molar-refractivity contribution < 1.29 is 14.3 Å². The van der Waals surface area contributed by atoms with Gasteiger partial charge in [0, 0.05) is 6.08 Å². The van der Waals surface area contributed by atoms with E-state index >= 15 is 0 Å². The van der Waals surface area contributed by atoms with Crippen LogP contribution in [0, 0.1) is 0 Å². The van der Waals surface area contributed by atoms with E-state index in [1.807, 2.05) is 0 Å². The largest absolute Gasteiger partial charge is 0.465 e. The molecule has 1 aromatic rings. The molecular formula is C11H13NO3. The molecule has 15 heavy (non-hydrogen) atoms. The van der Waals surface area contributed by atoms with E-state index in [0.29, 0.717) is 5.76 Å². The lowest BCUT2D eigenvalue weighted by atomic mass is 10.3. The highest BCUT2D eigenvalue weighted by Crippen LogP contribution is 2.34. The van der Waals surface area contributed by atoms with Crippen molar-refractivity contribution in [3.8, 4) is 0 Å². The van der Waals surface area contributed by atoms with Gasteiger partial charge in [-0.05, 0) is 31.1 Å². The first-order chi connectivity index (χ1) is 7.24. The summed E-state index contributed by atoms with van der Waals surface area (Å²) >= 11 is 0. The Hall–Kier alpha value is -1.55. The van der Waals surface area contributed by atoms with Gasteiger partial charge in [0.25, 0.3) is 0 Å². The summed E-state index contributed by atoms with van der Waals surface area (Å²) in [5.41, 5.74) is -0.357. The Labute approximate surface area is 87.6 Å². The van der Waals surface area contributed by atoms with Gasteiger partial charge in [-0.15, -0.1) is 0 Å². The molecule has 4 heteroatoms. The molecule has 1 saturated carbocycles. The fourth-order valence-corrected chi connectivity index (χ4v) is 1.32. The zero-order chi connectivity index (χ0) is 10.7. The molecule has 0 spiro atoms. The minimum Gasteiger partial charge on any atom is -0.465 e. The standard InChI is InChI=1S/C11H13NO3/c13-8-11(5-6-11)12-10(14)4-3-9-2-1-7-15-9/h1-4,7,13H,5-6,8H2,(H,12,14)/b4-3+. The van der Waals surface area contributed by atoms with Crippen LogP contribution < -0.4 is 5.32 Å². The second kappa shape index (κ2) is 3.90. The number of carbonyl (C=O) groups is 1. The molecule has 0 atom stereocenters. The van der Waals surface area contributed by atoms with Crippen LogP contribution in [0.5, 0.6) is 0 Å². The van der Waals surface area contributed by atoms with Gasteiger partial charge in [-0.2, -0.15) is 0 Å². The first kappa shape index (κ1) is 9.98. The average molecular weight is 207 g/mol. The number of hydrogen-bond acceptors (Lipinski definition) is 3. The van der Waals surface area contributed by atoms with Crippen molar-refractivity contribution in [2.24, 2.45) is 0 Å². The van der Waals surface area contributed by atoms with Gasteiger partial charge >= 0.3 is 0 Å². The minimum absolute atomic E-state index is 0.00727. The Balaban J connectivity index is 1.87. The number of amides is 1. The summed E-state index contributed by atoms with van der Waals surface area (Å²) < 4.78 is 5.04. The van der Waals surface area contributed by atoms with Gasteiger partial charge < -0.3 is 14.8 Å². The van der Waals surface area contributed by atoms with Crippen molar-refractivity contribution >= 4 is 12.0 Å². The summed E-state index contributed by atoms with van der Waals surface area (Å²) in [5, 5.41) is 11.8. The van der Waals surface area contributed by atoms with Crippen molar-refractivity contribution in [3.05, 3.63) is 30.2 Å². The molecule has 0 radical (unpaired) electrons. The normalized spacial score (nSPS) is 17.9. The van der Waals surface area contributed by atoms with Crippen LogP contribution in [-0.2, 0) is 4.79 Å². The first-order valence-corrected chi connectivity index (χ1v) is 4.89. The second-order valence-corrected chi connectivity index (χ2v) is 3.78. The molecule has 0 saturated heterocycles. The van der Waals surface area contributed by atoms with Gasteiger partial charge in [0.15, 0.2) is 0 Å². The zero-order valence-electron chi connectivity index (χ0n) is 8.27. The fourth-order valence-electron chi connectivity index (χ4n) is 1.32. The van der Waals surface area contributed by atoms with E-state index < -0.39 is 0 Å². The summed E-state index contributed by atoms with van der Waals surface area (Å²) in [7, 11) is 0. The monoisotopic (exact) mass is 207 g/mol. The van der Waals surface area contributed by atoms with Gasteiger partial charge in [-0.1, -0.05) is 0 Å². The third kappa shape index (κ3) is 2.47. The molecule has 2 rings (SSSR count). The van der Waals surface area contributed by atoms with Crippen molar-refractivity contribution in [3.63, 3.8) is 0 Å². The molecule has 2 N–H and O–H groups in total. The number of furan rings is 1. The highest BCUT2D eigenvalue weighted by atomic mass is 16.3. The van der Waals surface area contributed by atoms with E-state index in [-0.39, 0.29) is 18.1 Å². The predicted molar refractivity (Wildman–Crippen MR) is 54.9 cm³/mol. The van der Waals surface area contributed by atoms with Gasteiger partial charge in [0.1, 0.15) is 5.76 Å². The van der Waals surface area contributed by atoms with Crippen LogP contribution in [0.25, 0.3) is 6.08 Å². The lowest BCUT2D eigenvalue weighted by molar-refractivity contribution is -0.117. The Morgan fingerprint density at radius 2 is 2.47 bits per heavy atom. The topological polar surface area (TPSA) is 62.5 Å². The van der Waals surface area contributed by atoms with E-state index in [9.17, 15) is 4.79 Å². The minimum atomic E-state index is -0.357. The van der Waals surface area contributed by atoms with Crippen molar-refractivity contribution in [1.82, 2.24) is 5.32 Å². The Morgan fingerprint density at radius 3 is 3.00 bits per heavy atom. The van der Waals surface area contributed by atoms with E-state index in [1.54, 1.807) is 24.5 Å². The van der Waals surface area contributed by atoms with Gasteiger partial charge in [-0.25, -0.2) is 0 Å². The molecule has 1 aliphatic carbocycles. The van der Waals surface area contributed by atoms with Gasteiger partial charge in [-0.3, -0.25) is 4.79 Å². The molecule has 0 aromatic carbocycles. The van der Waals surface area contributed by atoms with Crippen molar-refractivity contribution in [1.29, 1.82) is 0 Å². The summed E-state index contributed by atoms with van der Waals surface area (Å²) in [4.78, 5) is 11.4. The number of carbonyl (C=O) groups excluding carboxylic acids is 1. The Bertz CT molecular complexity index is 363. The third-order valence-corrected chi connectivity index (χ3v) is 2.49. The molecule has 1 fully saturated rings. The maximum Gasteiger partial charge on any atom is 0.244 e. The molecule has 1 aromatic heterocycles. The highest BCUT2D eigenvalue weighted by molar-refractivity contribution is 5.92. The van der Waals surface area contributed by atoms with Crippen LogP contribution in [0.1, 0.15) is 18.6 Å². The number of nitrogens with one attached hydrogen (secondary N) is 1. The maximum absolute atomic E-state index is 11.4. The molecule has 0 bridgehead atoms. The Kier molecular flexibility index (Phi) is 2.60. The third-order valence-electron chi connectivity index (χ3n) is 2.49. The maximum atomic E-state index is 11.4. The summed E-state index contributed by atoms with van der Waals surface area (Å²) in [6.45, 7) is 0.00727. The van der Waals surface area contributed by atoms with Crippen LogP contribution in [0.3, 0.4) is 0 Å². The fraction of sp³-hybridized carbons (Fsp3) is 0.364. The summed E-state index contributed by atoms with van der Waals surface area (Å²) in [6, 6.07) is 3.52. The summed E-state index contributed by atoms with van der Waals surface area (Å²) in [6.07, 6.45) is 6.26. The number of rotatable bonds is 4. The van der Waals surface area contributed by atoms with Crippen molar-refractivity contribution in [2.75, 3.05) is 6.61 Å². The van der Waals surface area contributed by atoms with E-state index in [0.717, 1.165) is 12.8 Å². The van der Waals surface area contributed by atoms with Crippen molar-refractivity contribution in [2.45, 2.75) is 18.4 Å². The van der Waals surface area contributed by atoms with E-state index in [4.69, 9.17) is 9.52 Å².